The Hall–Kier alpha value is -1.05. The van der Waals surface area contributed by atoms with E-state index in [0.29, 0.717) is 28.3 Å². The lowest BCUT2D eigenvalue weighted by Gasteiger charge is -2.08. The summed E-state index contributed by atoms with van der Waals surface area (Å²) in [7, 11) is 0. The molecular formula is C12H11BrClN3O2S. The molecule has 1 aromatic carbocycles. The molecule has 0 bridgehead atoms. The molecule has 1 heterocycles. The summed E-state index contributed by atoms with van der Waals surface area (Å²) in [6.07, 6.45) is 1.56. The Morgan fingerprint density at radius 1 is 1.60 bits per heavy atom. The number of amidine groups is 1. The van der Waals surface area contributed by atoms with Crippen LogP contribution in [0.5, 0.6) is 5.75 Å². The van der Waals surface area contributed by atoms with Crippen molar-refractivity contribution >= 4 is 56.6 Å². The number of benzene rings is 1. The molecule has 106 valence electrons. The van der Waals surface area contributed by atoms with E-state index in [4.69, 9.17) is 16.3 Å². The van der Waals surface area contributed by atoms with Crippen LogP contribution in [0.2, 0.25) is 5.02 Å². The van der Waals surface area contributed by atoms with Crippen molar-refractivity contribution < 1.29 is 9.53 Å². The van der Waals surface area contributed by atoms with Crippen LogP contribution >= 0.6 is 39.3 Å². The summed E-state index contributed by atoms with van der Waals surface area (Å²) in [6.45, 7) is 2.43. The minimum absolute atomic E-state index is 0.0594. The average Bonchev–Trinajstić information content (AvgIpc) is 2.80. The molecule has 1 N–H and O–H groups in total. The highest BCUT2D eigenvalue weighted by Gasteiger charge is 2.16. The Morgan fingerprint density at radius 3 is 3.00 bits per heavy atom. The van der Waals surface area contributed by atoms with Crippen LogP contribution in [0.25, 0.3) is 0 Å². The maximum Gasteiger partial charge on any atom is 0.236 e. The quantitative estimate of drug-likeness (QED) is 0.649. The second-order valence-electron chi connectivity index (χ2n) is 3.73. The van der Waals surface area contributed by atoms with Crippen molar-refractivity contribution in [2.24, 2.45) is 10.2 Å². The molecule has 1 amide bonds. The molecular weight excluding hydrogens is 366 g/mol. The topological polar surface area (TPSA) is 63.1 Å². The SMILES string of the molecule is CCOc1c(Cl)cc(C=NN=C2NC(=O)CS2)cc1Br. The third kappa shape index (κ3) is 3.97. The summed E-state index contributed by atoms with van der Waals surface area (Å²) in [6, 6.07) is 3.57. The van der Waals surface area contributed by atoms with E-state index in [1.54, 1.807) is 12.3 Å². The lowest BCUT2D eigenvalue weighted by atomic mass is 10.2. The predicted molar refractivity (Wildman–Crippen MR) is 86.0 cm³/mol. The van der Waals surface area contributed by atoms with Crippen LogP contribution in [0.4, 0.5) is 0 Å². The molecule has 1 aromatic rings. The normalized spacial score (nSPS) is 16.9. The van der Waals surface area contributed by atoms with E-state index in [1.807, 2.05) is 13.0 Å². The Morgan fingerprint density at radius 2 is 2.40 bits per heavy atom. The fourth-order valence-corrected chi connectivity index (χ4v) is 3.08. The minimum atomic E-state index is -0.0594. The molecule has 8 heteroatoms. The first-order valence-electron chi connectivity index (χ1n) is 5.75. The lowest BCUT2D eigenvalue weighted by molar-refractivity contribution is -0.116. The number of amides is 1. The molecule has 0 aromatic heterocycles. The van der Waals surface area contributed by atoms with Gasteiger partial charge in [0, 0.05) is 0 Å². The minimum Gasteiger partial charge on any atom is -0.491 e. The summed E-state index contributed by atoms with van der Waals surface area (Å²) >= 11 is 10.8. The molecule has 1 fully saturated rings. The van der Waals surface area contributed by atoms with E-state index in [9.17, 15) is 4.79 Å². The van der Waals surface area contributed by atoms with Gasteiger partial charge in [-0.2, -0.15) is 5.10 Å². The van der Waals surface area contributed by atoms with Gasteiger partial charge >= 0.3 is 0 Å². The molecule has 1 aliphatic heterocycles. The summed E-state index contributed by atoms with van der Waals surface area (Å²) in [5.74, 6) is 0.932. The molecule has 0 unspecified atom stereocenters. The number of hydrogen-bond acceptors (Lipinski definition) is 5. The van der Waals surface area contributed by atoms with Crippen molar-refractivity contribution in [2.45, 2.75) is 6.92 Å². The zero-order valence-electron chi connectivity index (χ0n) is 10.5. The molecule has 2 rings (SSSR count). The highest BCUT2D eigenvalue weighted by molar-refractivity contribution is 9.10. The van der Waals surface area contributed by atoms with Gasteiger partial charge in [-0.05, 0) is 40.5 Å². The summed E-state index contributed by atoms with van der Waals surface area (Å²) in [5.41, 5.74) is 0.781. The first-order valence-corrected chi connectivity index (χ1v) is 7.91. The van der Waals surface area contributed by atoms with Crippen molar-refractivity contribution in [3.05, 3.63) is 27.2 Å². The van der Waals surface area contributed by atoms with Gasteiger partial charge in [0.15, 0.2) is 10.9 Å². The monoisotopic (exact) mass is 375 g/mol. The second kappa shape index (κ2) is 7.10. The molecule has 20 heavy (non-hydrogen) atoms. The van der Waals surface area contributed by atoms with Gasteiger partial charge in [-0.1, -0.05) is 23.4 Å². The number of carbonyl (C=O) groups is 1. The van der Waals surface area contributed by atoms with Crippen molar-refractivity contribution in [1.82, 2.24) is 5.32 Å². The van der Waals surface area contributed by atoms with Crippen molar-refractivity contribution in [1.29, 1.82) is 0 Å². The standard InChI is InChI=1S/C12H11BrClN3O2S/c1-2-19-11-8(13)3-7(4-9(11)14)5-15-17-12-16-10(18)6-20-12/h3-5H,2,6H2,1H3,(H,16,17,18). The Kier molecular flexibility index (Phi) is 5.45. The molecule has 5 nitrogen and oxygen atoms in total. The zero-order chi connectivity index (χ0) is 14.5. The van der Waals surface area contributed by atoms with Crippen LogP contribution < -0.4 is 10.1 Å². The average molecular weight is 377 g/mol. The van der Waals surface area contributed by atoms with Crippen molar-refractivity contribution in [3.63, 3.8) is 0 Å². The molecule has 0 aliphatic carbocycles. The van der Waals surface area contributed by atoms with Gasteiger partial charge in [-0.25, -0.2) is 0 Å². The van der Waals surface area contributed by atoms with E-state index in [0.717, 1.165) is 10.0 Å². The number of thioether (sulfide) groups is 1. The maximum atomic E-state index is 11.0. The molecule has 1 saturated heterocycles. The number of halogens is 2. The highest BCUT2D eigenvalue weighted by atomic mass is 79.9. The van der Waals surface area contributed by atoms with Crippen LogP contribution in [-0.2, 0) is 4.79 Å². The van der Waals surface area contributed by atoms with Gasteiger partial charge in [0.05, 0.1) is 28.1 Å². The molecule has 0 spiro atoms. The Balaban J connectivity index is 2.12. The maximum absolute atomic E-state index is 11.0. The second-order valence-corrected chi connectivity index (χ2v) is 5.96. The number of nitrogens with zero attached hydrogens (tertiary/aromatic N) is 2. The zero-order valence-corrected chi connectivity index (χ0v) is 13.7. The van der Waals surface area contributed by atoms with E-state index >= 15 is 0 Å². The number of carbonyl (C=O) groups excluding carboxylic acids is 1. The lowest BCUT2D eigenvalue weighted by Crippen LogP contribution is -2.19. The van der Waals surface area contributed by atoms with Crippen LogP contribution in [0.1, 0.15) is 12.5 Å². The van der Waals surface area contributed by atoms with Gasteiger partial charge in [-0.3, -0.25) is 4.79 Å². The predicted octanol–water partition coefficient (Wildman–Crippen LogP) is 3.05. The number of ether oxygens (including phenoxy) is 1. The summed E-state index contributed by atoms with van der Waals surface area (Å²) in [4.78, 5) is 11.0. The summed E-state index contributed by atoms with van der Waals surface area (Å²) in [5, 5.41) is 11.4. The number of rotatable bonds is 4. The summed E-state index contributed by atoms with van der Waals surface area (Å²) < 4.78 is 6.17. The fraction of sp³-hybridized carbons (Fsp3) is 0.250. The third-order valence-electron chi connectivity index (χ3n) is 2.25. The molecule has 0 saturated carbocycles. The van der Waals surface area contributed by atoms with Gasteiger partial charge in [-0.15, -0.1) is 5.10 Å². The van der Waals surface area contributed by atoms with Crippen LogP contribution in [0.3, 0.4) is 0 Å². The largest absolute Gasteiger partial charge is 0.491 e. The smallest absolute Gasteiger partial charge is 0.236 e. The van der Waals surface area contributed by atoms with E-state index in [-0.39, 0.29) is 5.91 Å². The molecule has 0 radical (unpaired) electrons. The van der Waals surface area contributed by atoms with E-state index < -0.39 is 0 Å². The number of hydrogen-bond donors (Lipinski definition) is 1. The Bertz CT molecular complexity index is 569. The van der Waals surface area contributed by atoms with Gasteiger partial charge < -0.3 is 10.1 Å². The fourth-order valence-electron chi connectivity index (χ4n) is 1.46. The first kappa shape index (κ1) is 15.3. The van der Waals surface area contributed by atoms with Gasteiger partial charge in [0.1, 0.15) is 0 Å². The van der Waals surface area contributed by atoms with Crippen LogP contribution in [-0.4, -0.2) is 29.6 Å². The van der Waals surface area contributed by atoms with Gasteiger partial charge in [0.25, 0.3) is 0 Å². The van der Waals surface area contributed by atoms with E-state index in [2.05, 4.69) is 31.4 Å². The van der Waals surface area contributed by atoms with Crippen molar-refractivity contribution in [2.75, 3.05) is 12.4 Å². The molecule has 0 atom stereocenters. The molecule has 1 aliphatic rings. The highest BCUT2D eigenvalue weighted by Crippen LogP contribution is 2.34. The van der Waals surface area contributed by atoms with Crippen LogP contribution in [0, 0.1) is 0 Å². The van der Waals surface area contributed by atoms with Crippen LogP contribution in [0.15, 0.2) is 26.8 Å². The Labute approximate surface area is 133 Å². The van der Waals surface area contributed by atoms with Gasteiger partial charge in [0.2, 0.25) is 5.91 Å². The number of nitrogens with one attached hydrogen (secondary N) is 1. The van der Waals surface area contributed by atoms with E-state index in [1.165, 1.54) is 11.8 Å². The third-order valence-corrected chi connectivity index (χ3v) is 3.98. The first-order chi connectivity index (χ1) is 9.60. The van der Waals surface area contributed by atoms with Crippen molar-refractivity contribution in [3.8, 4) is 5.75 Å².